The summed E-state index contributed by atoms with van der Waals surface area (Å²) in [5, 5.41) is 2.94. The Morgan fingerprint density at radius 2 is 1.77 bits per heavy atom. The van der Waals surface area contributed by atoms with Crippen LogP contribution in [0.3, 0.4) is 0 Å². The molecule has 4 rings (SSSR count). The first kappa shape index (κ1) is 20.6. The lowest BCUT2D eigenvalue weighted by Crippen LogP contribution is -2.36. The molecule has 0 bridgehead atoms. The number of morpholine rings is 1. The van der Waals surface area contributed by atoms with Crippen molar-refractivity contribution in [2.45, 2.75) is 6.92 Å². The molecule has 0 atom stereocenters. The number of nitrogens with zero attached hydrogens (tertiary/aromatic N) is 1. The standard InChI is InChI=1S/C25H24N3O3/c1-17-6-7-18(16-23(17)21-4-2-3-5-22(21)24(26)29)25(30)27-19-8-10-20(11-9-19)28-12-14-31-15-13-28/h2,4-11,16H,12-15H2,1H3,(H2,26,29)(H,27,30). The van der Waals surface area contributed by atoms with Crippen LogP contribution in [0.2, 0.25) is 0 Å². The van der Waals surface area contributed by atoms with Crippen molar-refractivity contribution in [3.05, 3.63) is 83.4 Å². The molecule has 3 aromatic carbocycles. The van der Waals surface area contributed by atoms with Crippen LogP contribution in [0.1, 0.15) is 26.3 Å². The third-order valence-corrected chi connectivity index (χ3v) is 5.42. The highest BCUT2D eigenvalue weighted by Gasteiger charge is 2.15. The van der Waals surface area contributed by atoms with E-state index in [0.717, 1.165) is 48.8 Å². The van der Waals surface area contributed by atoms with E-state index in [-0.39, 0.29) is 5.91 Å². The first-order valence-corrected chi connectivity index (χ1v) is 10.2. The molecule has 6 nitrogen and oxygen atoms in total. The van der Waals surface area contributed by atoms with Gasteiger partial charge in [0.25, 0.3) is 5.91 Å². The molecule has 0 aromatic heterocycles. The van der Waals surface area contributed by atoms with Crippen LogP contribution >= 0.6 is 0 Å². The zero-order valence-electron chi connectivity index (χ0n) is 17.4. The third-order valence-electron chi connectivity index (χ3n) is 5.42. The number of nitrogens with two attached hydrogens (primary N) is 1. The topological polar surface area (TPSA) is 84.7 Å². The van der Waals surface area contributed by atoms with E-state index >= 15 is 0 Å². The quantitative estimate of drug-likeness (QED) is 0.667. The highest BCUT2D eigenvalue weighted by atomic mass is 16.5. The summed E-state index contributed by atoms with van der Waals surface area (Å²) in [5.74, 6) is -0.745. The van der Waals surface area contributed by atoms with E-state index in [4.69, 9.17) is 10.5 Å². The minimum absolute atomic E-state index is 0.219. The largest absolute Gasteiger partial charge is 0.378 e. The minimum atomic E-state index is -0.526. The summed E-state index contributed by atoms with van der Waals surface area (Å²) < 4.78 is 5.39. The Morgan fingerprint density at radius 1 is 1.03 bits per heavy atom. The fourth-order valence-corrected chi connectivity index (χ4v) is 3.70. The lowest BCUT2D eigenvalue weighted by Gasteiger charge is -2.28. The number of nitrogens with one attached hydrogen (secondary N) is 1. The number of hydrogen-bond acceptors (Lipinski definition) is 4. The minimum Gasteiger partial charge on any atom is -0.378 e. The van der Waals surface area contributed by atoms with E-state index in [1.54, 1.807) is 30.3 Å². The van der Waals surface area contributed by atoms with Gasteiger partial charge in [-0.1, -0.05) is 18.2 Å². The molecule has 0 saturated carbocycles. The van der Waals surface area contributed by atoms with Crippen LogP contribution in [-0.4, -0.2) is 38.1 Å². The summed E-state index contributed by atoms with van der Waals surface area (Å²) in [6.45, 7) is 5.12. The van der Waals surface area contributed by atoms with E-state index in [2.05, 4.69) is 16.3 Å². The van der Waals surface area contributed by atoms with Gasteiger partial charge in [0.05, 0.1) is 13.2 Å². The normalized spacial score (nSPS) is 13.6. The highest BCUT2D eigenvalue weighted by Crippen LogP contribution is 2.28. The van der Waals surface area contributed by atoms with Crippen LogP contribution in [0, 0.1) is 13.0 Å². The number of carbonyl (C=O) groups is 2. The molecule has 2 amide bonds. The number of rotatable bonds is 5. The van der Waals surface area contributed by atoms with Crippen molar-refractivity contribution in [3.8, 4) is 11.1 Å². The molecule has 1 fully saturated rings. The molecule has 157 valence electrons. The average molecular weight is 414 g/mol. The molecule has 0 spiro atoms. The third kappa shape index (κ3) is 4.59. The number of carbonyl (C=O) groups excluding carboxylic acids is 2. The van der Waals surface area contributed by atoms with Crippen LogP contribution < -0.4 is 16.0 Å². The first-order valence-electron chi connectivity index (χ1n) is 10.2. The van der Waals surface area contributed by atoms with Crippen molar-refractivity contribution in [1.29, 1.82) is 0 Å². The number of anilines is 2. The Bertz CT molecular complexity index is 1100. The fraction of sp³-hybridized carbons (Fsp3) is 0.200. The highest BCUT2D eigenvalue weighted by molar-refractivity contribution is 6.06. The Morgan fingerprint density at radius 3 is 2.48 bits per heavy atom. The van der Waals surface area contributed by atoms with Gasteiger partial charge in [0.2, 0.25) is 5.91 Å². The second-order valence-corrected chi connectivity index (χ2v) is 7.47. The average Bonchev–Trinajstić information content (AvgIpc) is 2.80. The number of aryl methyl sites for hydroxylation is 1. The van der Waals surface area contributed by atoms with Gasteiger partial charge < -0.3 is 20.7 Å². The molecule has 1 radical (unpaired) electrons. The molecule has 1 saturated heterocycles. The summed E-state index contributed by atoms with van der Waals surface area (Å²) in [5.41, 5.74) is 10.6. The Labute approximate surface area is 181 Å². The molecular formula is C25H24N3O3. The molecule has 1 heterocycles. The number of primary amides is 1. The first-order chi connectivity index (χ1) is 15.0. The lowest BCUT2D eigenvalue weighted by atomic mass is 9.94. The number of benzene rings is 3. The Hall–Kier alpha value is -3.64. The fourth-order valence-electron chi connectivity index (χ4n) is 3.70. The number of ether oxygens (including phenoxy) is 1. The maximum atomic E-state index is 12.9. The van der Waals surface area contributed by atoms with Crippen molar-refractivity contribution in [2.24, 2.45) is 5.73 Å². The summed E-state index contributed by atoms with van der Waals surface area (Å²) in [7, 11) is 0. The summed E-state index contributed by atoms with van der Waals surface area (Å²) in [6, 6.07) is 21.2. The van der Waals surface area contributed by atoms with Crippen molar-refractivity contribution in [3.63, 3.8) is 0 Å². The van der Waals surface area contributed by atoms with Crippen molar-refractivity contribution in [1.82, 2.24) is 0 Å². The van der Waals surface area contributed by atoms with Gasteiger partial charge in [-0.15, -0.1) is 0 Å². The van der Waals surface area contributed by atoms with Gasteiger partial charge in [0, 0.05) is 35.6 Å². The zero-order chi connectivity index (χ0) is 21.8. The van der Waals surface area contributed by atoms with Gasteiger partial charge in [-0.25, -0.2) is 0 Å². The van der Waals surface area contributed by atoms with Gasteiger partial charge in [-0.3, -0.25) is 9.59 Å². The van der Waals surface area contributed by atoms with E-state index in [9.17, 15) is 9.59 Å². The van der Waals surface area contributed by atoms with E-state index in [1.165, 1.54) is 0 Å². The van der Waals surface area contributed by atoms with Crippen LogP contribution in [0.5, 0.6) is 0 Å². The second-order valence-electron chi connectivity index (χ2n) is 7.47. The second kappa shape index (κ2) is 9.02. The van der Waals surface area contributed by atoms with Gasteiger partial charge in [0.1, 0.15) is 0 Å². The lowest BCUT2D eigenvalue weighted by molar-refractivity contribution is 0.0998. The monoisotopic (exact) mass is 414 g/mol. The smallest absolute Gasteiger partial charge is 0.255 e. The summed E-state index contributed by atoms with van der Waals surface area (Å²) in [4.78, 5) is 27.0. The van der Waals surface area contributed by atoms with Crippen molar-refractivity contribution in [2.75, 3.05) is 36.5 Å². The molecule has 31 heavy (non-hydrogen) atoms. The van der Waals surface area contributed by atoms with Crippen molar-refractivity contribution < 1.29 is 14.3 Å². The Balaban J connectivity index is 1.54. The van der Waals surface area contributed by atoms with Crippen LogP contribution in [0.25, 0.3) is 11.1 Å². The SMILES string of the molecule is Cc1ccc(C(=O)Nc2ccc(N3CCOCC3)cc2)cc1-c1cc[c]cc1C(N)=O. The molecule has 1 aliphatic heterocycles. The summed E-state index contributed by atoms with van der Waals surface area (Å²) >= 11 is 0. The number of amides is 2. The van der Waals surface area contributed by atoms with Crippen LogP contribution in [-0.2, 0) is 4.74 Å². The van der Waals surface area contributed by atoms with Crippen molar-refractivity contribution >= 4 is 23.2 Å². The summed E-state index contributed by atoms with van der Waals surface area (Å²) in [6.07, 6.45) is 0. The van der Waals surface area contributed by atoms with E-state index in [0.29, 0.717) is 16.7 Å². The molecular weight excluding hydrogens is 390 g/mol. The maximum Gasteiger partial charge on any atom is 0.255 e. The molecule has 3 N–H and O–H groups in total. The molecule has 6 heteroatoms. The molecule has 0 aliphatic carbocycles. The predicted octanol–water partition coefficient (Wildman–Crippen LogP) is 3.65. The maximum absolute atomic E-state index is 12.9. The van der Waals surface area contributed by atoms with Gasteiger partial charge in [-0.2, -0.15) is 0 Å². The van der Waals surface area contributed by atoms with Crippen LogP contribution in [0.15, 0.2) is 60.7 Å². The zero-order valence-corrected chi connectivity index (χ0v) is 17.4. The van der Waals surface area contributed by atoms with Gasteiger partial charge in [0.15, 0.2) is 0 Å². The number of hydrogen-bond donors (Lipinski definition) is 2. The van der Waals surface area contributed by atoms with Crippen LogP contribution in [0.4, 0.5) is 11.4 Å². The van der Waals surface area contributed by atoms with Gasteiger partial charge in [-0.05, 0) is 72.1 Å². The van der Waals surface area contributed by atoms with E-state index < -0.39 is 5.91 Å². The van der Waals surface area contributed by atoms with E-state index in [1.807, 2.05) is 37.3 Å². The molecule has 0 unspecified atom stereocenters. The van der Waals surface area contributed by atoms with Gasteiger partial charge >= 0.3 is 0 Å². The predicted molar refractivity (Wildman–Crippen MR) is 121 cm³/mol. The molecule has 3 aromatic rings. The molecule has 1 aliphatic rings. The Kier molecular flexibility index (Phi) is 6.00.